The second-order valence-corrected chi connectivity index (χ2v) is 7.14. The Kier molecular flexibility index (Phi) is 4.75. The fourth-order valence-electron chi connectivity index (χ4n) is 3.34. The number of hydrogen-bond donors (Lipinski definition) is 1. The first-order valence-electron chi connectivity index (χ1n) is 9.33. The molecule has 4 rings (SSSR count). The van der Waals surface area contributed by atoms with Gasteiger partial charge in [0.05, 0.1) is 27.4 Å². The molecule has 8 nitrogen and oxygen atoms in total. The summed E-state index contributed by atoms with van der Waals surface area (Å²) in [6.45, 7) is 5.63. The maximum absolute atomic E-state index is 13.2. The highest BCUT2D eigenvalue weighted by atomic mass is 16.6. The average molecular weight is 401 g/mol. The van der Waals surface area contributed by atoms with Gasteiger partial charge in [0.1, 0.15) is 5.82 Å². The lowest BCUT2D eigenvalue weighted by Gasteiger charge is -2.11. The van der Waals surface area contributed by atoms with E-state index in [2.05, 4.69) is 15.4 Å². The topological polar surface area (TPSA) is 103 Å². The maximum Gasteiger partial charge on any atom is 0.269 e. The third-order valence-electron chi connectivity index (χ3n) is 4.72. The number of anilines is 1. The molecule has 0 aliphatic carbocycles. The molecule has 0 saturated carbocycles. The van der Waals surface area contributed by atoms with Gasteiger partial charge < -0.3 is 5.32 Å². The molecule has 0 unspecified atom stereocenters. The summed E-state index contributed by atoms with van der Waals surface area (Å²) < 4.78 is 1.55. The monoisotopic (exact) mass is 401 g/mol. The smallest absolute Gasteiger partial charge is 0.269 e. The maximum atomic E-state index is 13.2. The van der Waals surface area contributed by atoms with Gasteiger partial charge in [0.15, 0.2) is 0 Å². The highest BCUT2D eigenvalue weighted by Crippen LogP contribution is 2.24. The molecule has 0 aliphatic rings. The van der Waals surface area contributed by atoms with Crippen molar-refractivity contribution in [1.29, 1.82) is 0 Å². The highest BCUT2D eigenvalue weighted by Gasteiger charge is 2.16. The van der Waals surface area contributed by atoms with Crippen molar-refractivity contribution in [2.75, 3.05) is 5.32 Å². The molecular formula is C22H19N5O3. The number of nitro groups is 1. The van der Waals surface area contributed by atoms with Gasteiger partial charge in [-0.1, -0.05) is 11.6 Å². The summed E-state index contributed by atoms with van der Waals surface area (Å²) in [5.41, 5.74) is 4.36. The summed E-state index contributed by atoms with van der Waals surface area (Å²) >= 11 is 0. The minimum absolute atomic E-state index is 0.0117. The Hall–Kier alpha value is -4.07. The number of nitrogens with one attached hydrogen (secondary N) is 1. The second kappa shape index (κ2) is 7.40. The predicted octanol–water partition coefficient (Wildman–Crippen LogP) is 4.51. The van der Waals surface area contributed by atoms with Gasteiger partial charge in [0.2, 0.25) is 0 Å². The van der Waals surface area contributed by atoms with Gasteiger partial charge in [-0.25, -0.2) is 4.68 Å². The van der Waals surface area contributed by atoms with Gasteiger partial charge in [0.25, 0.3) is 11.6 Å². The number of aryl methyl sites for hydroxylation is 3. The number of hydrogen-bond acceptors (Lipinski definition) is 5. The highest BCUT2D eigenvalue weighted by molar-refractivity contribution is 6.12. The minimum Gasteiger partial charge on any atom is -0.306 e. The van der Waals surface area contributed by atoms with Crippen molar-refractivity contribution in [2.24, 2.45) is 0 Å². The molecule has 0 saturated heterocycles. The molecular weight excluding hydrogens is 382 g/mol. The number of rotatable bonds is 4. The van der Waals surface area contributed by atoms with E-state index >= 15 is 0 Å². The van der Waals surface area contributed by atoms with Crippen LogP contribution < -0.4 is 5.32 Å². The number of fused-ring (bicyclic) bond motifs is 1. The van der Waals surface area contributed by atoms with Gasteiger partial charge in [-0.3, -0.25) is 19.9 Å². The van der Waals surface area contributed by atoms with Gasteiger partial charge in [-0.15, -0.1) is 0 Å². The number of non-ortho nitro benzene ring substituents is 1. The fourth-order valence-corrected chi connectivity index (χ4v) is 3.34. The van der Waals surface area contributed by atoms with Crippen molar-refractivity contribution in [3.8, 4) is 5.69 Å². The number of carbonyl (C=O) groups excluding carboxylic acids is 1. The van der Waals surface area contributed by atoms with Crippen molar-refractivity contribution in [1.82, 2.24) is 14.8 Å². The summed E-state index contributed by atoms with van der Waals surface area (Å²) in [6.07, 6.45) is 0. The summed E-state index contributed by atoms with van der Waals surface area (Å²) in [6, 6.07) is 15.3. The number of amides is 1. The van der Waals surface area contributed by atoms with Crippen LogP contribution in [0.25, 0.3) is 16.6 Å². The zero-order chi connectivity index (χ0) is 21.4. The molecule has 4 aromatic rings. The third-order valence-corrected chi connectivity index (χ3v) is 4.72. The largest absolute Gasteiger partial charge is 0.306 e. The van der Waals surface area contributed by atoms with Crippen molar-refractivity contribution in [3.05, 3.63) is 87.2 Å². The first-order chi connectivity index (χ1) is 14.3. The lowest BCUT2D eigenvalue weighted by Crippen LogP contribution is -2.16. The van der Waals surface area contributed by atoms with Gasteiger partial charge in [-0.2, -0.15) is 5.10 Å². The summed E-state index contributed by atoms with van der Waals surface area (Å²) in [5, 5.41) is 19.0. The normalized spacial score (nSPS) is 10.9. The zero-order valence-electron chi connectivity index (χ0n) is 16.7. The van der Waals surface area contributed by atoms with Crippen LogP contribution in [0.4, 0.5) is 11.5 Å². The average Bonchev–Trinajstić information content (AvgIpc) is 3.07. The first kappa shape index (κ1) is 19.3. The number of carbonyl (C=O) groups is 1. The number of nitro benzene ring substituents is 1. The van der Waals surface area contributed by atoms with Crippen LogP contribution in [0.3, 0.4) is 0 Å². The van der Waals surface area contributed by atoms with Crippen LogP contribution in [0.15, 0.2) is 54.6 Å². The van der Waals surface area contributed by atoms with Crippen LogP contribution in [0, 0.1) is 30.9 Å². The van der Waals surface area contributed by atoms with E-state index in [1.54, 1.807) is 28.9 Å². The van der Waals surface area contributed by atoms with Crippen LogP contribution in [0.2, 0.25) is 0 Å². The number of pyridine rings is 1. The SMILES string of the molecule is Cc1ccc2nc(C)cc(C(=O)Nc3cc(C)nn3-c3ccc([N+](=O)[O-])cc3)c2c1. The molecule has 0 fully saturated rings. The van der Waals surface area contributed by atoms with E-state index in [1.165, 1.54) is 12.1 Å². The Bertz CT molecular complexity index is 1290. The van der Waals surface area contributed by atoms with Crippen LogP contribution in [0.1, 0.15) is 27.3 Å². The molecule has 0 spiro atoms. The molecule has 8 heteroatoms. The zero-order valence-corrected chi connectivity index (χ0v) is 16.7. The quantitative estimate of drug-likeness (QED) is 0.400. The molecule has 1 N–H and O–H groups in total. The van der Waals surface area contributed by atoms with E-state index in [0.29, 0.717) is 22.8 Å². The lowest BCUT2D eigenvalue weighted by molar-refractivity contribution is -0.384. The summed E-state index contributed by atoms with van der Waals surface area (Å²) in [7, 11) is 0. The summed E-state index contributed by atoms with van der Waals surface area (Å²) in [5.74, 6) is 0.195. The van der Waals surface area contributed by atoms with E-state index in [9.17, 15) is 14.9 Å². The molecule has 0 radical (unpaired) electrons. The summed E-state index contributed by atoms with van der Waals surface area (Å²) in [4.78, 5) is 28.1. The van der Waals surface area contributed by atoms with Gasteiger partial charge >= 0.3 is 0 Å². The van der Waals surface area contributed by atoms with E-state index < -0.39 is 4.92 Å². The molecule has 2 aromatic heterocycles. The Morgan fingerprint density at radius 1 is 1.00 bits per heavy atom. The van der Waals surface area contributed by atoms with Crippen molar-refractivity contribution in [2.45, 2.75) is 20.8 Å². The van der Waals surface area contributed by atoms with Crippen molar-refractivity contribution in [3.63, 3.8) is 0 Å². The van der Waals surface area contributed by atoms with Crippen LogP contribution in [-0.4, -0.2) is 25.6 Å². The first-order valence-corrected chi connectivity index (χ1v) is 9.33. The Labute approximate surface area is 172 Å². The molecule has 2 aromatic carbocycles. The third kappa shape index (κ3) is 3.62. The Balaban J connectivity index is 1.72. The Morgan fingerprint density at radius 2 is 1.73 bits per heavy atom. The number of benzene rings is 2. The molecule has 2 heterocycles. The molecule has 1 amide bonds. The van der Waals surface area contributed by atoms with Gasteiger partial charge in [0, 0.05) is 29.3 Å². The van der Waals surface area contributed by atoms with Crippen LogP contribution in [-0.2, 0) is 0 Å². The molecule has 0 atom stereocenters. The predicted molar refractivity (Wildman–Crippen MR) is 114 cm³/mol. The molecule has 0 aliphatic heterocycles. The standard InChI is InChI=1S/C22H19N5O3/c1-13-4-9-20-18(10-13)19(11-14(2)23-20)22(28)24-21-12-15(3)25-26(21)16-5-7-17(8-6-16)27(29)30/h4-12H,1-3H3,(H,24,28). The molecule has 150 valence electrons. The second-order valence-electron chi connectivity index (χ2n) is 7.14. The lowest BCUT2D eigenvalue weighted by atomic mass is 10.0. The number of nitrogens with zero attached hydrogens (tertiary/aromatic N) is 4. The van der Waals surface area contributed by atoms with Crippen molar-refractivity contribution < 1.29 is 9.72 Å². The van der Waals surface area contributed by atoms with Crippen molar-refractivity contribution >= 4 is 28.3 Å². The van der Waals surface area contributed by atoms with E-state index in [4.69, 9.17) is 0 Å². The molecule has 0 bridgehead atoms. The molecule has 30 heavy (non-hydrogen) atoms. The van der Waals surface area contributed by atoms with E-state index in [0.717, 1.165) is 22.2 Å². The minimum atomic E-state index is -0.459. The fraction of sp³-hybridized carbons (Fsp3) is 0.136. The van der Waals surface area contributed by atoms with E-state index in [1.807, 2.05) is 39.0 Å². The Morgan fingerprint density at radius 3 is 2.43 bits per heavy atom. The van der Waals surface area contributed by atoms with Crippen LogP contribution >= 0.6 is 0 Å². The van der Waals surface area contributed by atoms with E-state index in [-0.39, 0.29) is 11.6 Å². The number of aromatic nitrogens is 3. The van der Waals surface area contributed by atoms with Crippen LogP contribution in [0.5, 0.6) is 0 Å². The van der Waals surface area contributed by atoms with Gasteiger partial charge in [-0.05, 0) is 51.1 Å².